The van der Waals surface area contributed by atoms with E-state index in [0.29, 0.717) is 20.8 Å². The molecule has 28 heavy (non-hydrogen) atoms. The summed E-state index contributed by atoms with van der Waals surface area (Å²) in [6.45, 7) is 1.43. The van der Waals surface area contributed by atoms with Gasteiger partial charge in [0.2, 0.25) is 0 Å². The molecule has 2 aromatic heterocycles. The summed E-state index contributed by atoms with van der Waals surface area (Å²) in [5, 5.41) is 9.16. The highest BCUT2D eigenvalue weighted by Crippen LogP contribution is 2.32. The number of rotatable bonds is 5. The van der Waals surface area contributed by atoms with Crippen LogP contribution in [-0.4, -0.2) is 33.7 Å². The van der Waals surface area contributed by atoms with Gasteiger partial charge in [-0.1, -0.05) is 35.6 Å². The highest BCUT2D eigenvalue weighted by atomic mass is 32.1. The minimum absolute atomic E-state index is 0.186. The molecule has 1 N–H and O–H groups in total. The maximum absolute atomic E-state index is 12.9. The van der Waals surface area contributed by atoms with Gasteiger partial charge in [0.1, 0.15) is 0 Å². The molecule has 2 heterocycles. The average molecular weight is 396 g/mol. The first-order chi connectivity index (χ1) is 13.5. The van der Waals surface area contributed by atoms with E-state index in [-0.39, 0.29) is 11.3 Å². The number of aromatic nitrogens is 2. The first-order valence-corrected chi connectivity index (χ1v) is 9.29. The van der Waals surface area contributed by atoms with Crippen molar-refractivity contribution in [1.29, 1.82) is 0 Å². The van der Waals surface area contributed by atoms with Crippen LogP contribution >= 0.6 is 11.3 Å². The number of aliphatic carboxylic acids is 1. The van der Waals surface area contributed by atoms with Gasteiger partial charge in [0, 0.05) is 5.56 Å². The van der Waals surface area contributed by atoms with Crippen molar-refractivity contribution in [3.8, 4) is 11.5 Å². The number of ether oxygens (including phenoxy) is 2. The van der Waals surface area contributed by atoms with Crippen molar-refractivity contribution in [3.05, 3.63) is 62.9 Å². The molecule has 4 rings (SSSR count). The summed E-state index contributed by atoms with van der Waals surface area (Å²) < 4.78 is 12.9. The van der Waals surface area contributed by atoms with E-state index in [1.807, 2.05) is 24.3 Å². The number of methoxy groups -OCH3 is 1. The first kappa shape index (κ1) is 18.0. The summed E-state index contributed by atoms with van der Waals surface area (Å²) in [7, 11) is 1.47. The molecule has 0 fully saturated rings. The minimum atomic E-state index is -1.09. The fourth-order valence-electron chi connectivity index (χ4n) is 2.91. The number of thiazole rings is 1. The topological polar surface area (TPSA) is 90.1 Å². The van der Waals surface area contributed by atoms with Gasteiger partial charge in [-0.15, -0.1) is 0 Å². The molecule has 7 nitrogen and oxygen atoms in total. The van der Waals surface area contributed by atoms with Crippen LogP contribution in [0.15, 0.2) is 47.3 Å². The summed E-state index contributed by atoms with van der Waals surface area (Å²) >= 11 is 1.26. The summed E-state index contributed by atoms with van der Waals surface area (Å²) in [6, 6.07) is 12.6. The predicted molar refractivity (Wildman–Crippen MR) is 106 cm³/mol. The third-order valence-corrected chi connectivity index (χ3v) is 5.27. The molecule has 0 aliphatic carbocycles. The maximum Gasteiger partial charge on any atom is 0.344 e. The van der Waals surface area contributed by atoms with Gasteiger partial charge in [0.05, 0.1) is 22.7 Å². The molecule has 0 bridgehead atoms. The molecule has 4 aromatic rings. The molecule has 1 atom stereocenters. The van der Waals surface area contributed by atoms with E-state index in [4.69, 9.17) is 14.6 Å². The largest absolute Gasteiger partial charge is 0.493 e. The average Bonchev–Trinajstić information content (AvgIpc) is 3.19. The van der Waals surface area contributed by atoms with Crippen LogP contribution in [0.3, 0.4) is 0 Å². The fraction of sp³-hybridized carbons (Fsp3) is 0.150. The van der Waals surface area contributed by atoms with E-state index in [9.17, 15) is 9.59 Å². The molecule has 0 saturated carbocycles. The van der Waals surface area contributed by atoms with Crippen LogP contribution in [0.25, 0.3) is 22.1 Å². The maximum atomic E-state index is 12.9. The summed E-state index contributed by atoms with van der Waals surface area (Å²) in [4.78, 5) is 29.2. The predicted octanol–water partition coefficient (Wildman–Crippen LogP) is 2.32. The second-order valence-corrected chi connectivity index (χ2v) is 7.12. The number of carboxylic acids is 1. The number of hydrogen-bond donors (Lipinski definition) is 1. The Bertz CT molecular complexity index is 1310. The number of nitrogens with zero attached hydrogens (tertiary/aromatic N) is 2. The lowest BCUT2D eigenvalue weighted by Crippen LogP contribution is -2.24. The Hall–Kier alpha value is -3.39. The lowest BCUT2D eigenvalue weighted by atomic mass is 10.1. The Morgan fingerprint density at radius 2 is 2.04 bits per heavy atom. The lowest BCUT2D eigenvalue weighted by Gasteiger charge is -2.15. The molecular formula is C20H16N2O5S. The standard InChI is InChI=1S/C20H16N2O5S/c1-11(19(24)25)27-17-12(6-5-9-15(17)26-2)10-16-18(23)22-14-8-4-3-7-13(14)21-20(22)28-16/h3-11H,1-2H3,(H,24,25). The normalized spacial score (nSPS) is 13.1. The van der Waals surface area contributed by atoms with Crippen LogP contribution < -0.4 is 19.6 Å². The molecule has 142 valence electrons. The van der Waals surface area contributed by atoms with E-state index in [0.717, 1.165) is 11.0 Å². The SMILES string of the molecule is COc1cccc(C=c2sc3nc4ccccc4n3c2=O)c1OC(C)C(=O)O. The Balaban J connectivity index is 1.90. The van der Waals surface area contributed by atoms with Gasteiger partial charge in [-0.2, -0.15) is 0 Å². The number of hydrogen-bond acceptors (Lipinski definition) is 6. The van der Waals surface area contributed by atoms with Crippen LogP contribution in [0, 0.1) is 0 Å². The molecule has 0 amide bonds. The van der Waals surface area contributed by atoms with Gasteiger partial charge < -0.3 is 14.6 Å². The number of imidazole rings is 1. The van der Waals surface area contributed by atoms with Crippen LogP contribution in [0.2, 0.25) is 0 Å². The van der Waals surface area contributed by atoms with Crippen molar-refractivity contribution in [3.63, 3.8) is 0 Å². The second-order valence-electron chi connectivity index (χ2n) is 6.11. The molecule has 2 aromatic carbocycles. The van der Waals surface area contributed by atoms with Crippen molar-refractivity contribution in [2.75, 3.05) is 7.11 Å². The van der Waals surface area contributed by atoms with Gasteiger partial charge in [-0.25, -0.2) is 14.2 Å². The Labute approximate surface area is 163 Å². The van der Waals surface area contributed by atoms with Gasteiger partial charge in [0.15, 0.2) is 22.6 Å². The monoisotopic (exact) mass is 396 g/mol. The quantitative estimate of drug-likeness (QED) is 0.557. The Morgan fingerprint density at radius 1 is 1.25 bits per heavy atom. The molecule has 0 saturated heterocycles. The summed E-state index contributed by atoms with van der Waals surface area (Å²) in [5.41, 5.74) is 1.88. The zero-order valence-corrected chi connectivity index (χ0v) is 15.9. The van der Waals surface area contributed by atoms with E-state index in [2.05, 4.69) is 4.98 Å². The third kappa shape index (κ3) is 2.97. The van der Waals surface area contributed by atoms with Crippen molar-refractivity contribution in [1.82, 2.24) is 9.38 Å². The van der Waals surface area contributed by atoms with E-state index in [1.165, 1.54) is 25.4 Å². The number of fused-ring (bicyclic) bond motifs is 3. The Kier molecular flexibility index (Phi) is 4.48. The van der Waals surface area contributed by atoms with Crippen molar-refractivity contribution in [2.24, 2.45) is 0 Å². The number of carboxylic acid groups (broad SMARTS) is 1. The number of para-hydroxylation sites is 3. The van der Waals surface area contributed by atoms with Gasteiger partial charge in [-0.3, -0.25) is 4.79 Å². The van der Waals surface area contributed by atoms with Gasteiger partial charge in [-0.05, 0) is 31.2 Å². The third-order valence-electron chi connectivity index (χ3n) is 4.30. The molecule has 1 unspecified atom stereocenters. The van der Waals surface area contributed by atoms with Gasteiger partial charge in [0.25, 0.3) is 5.56 Å². The first-order valence-electron chi connectivity index (χ1n) is 8.48. The molecule has 0 aliphatic heterocycles. The van der Waals surface area contributed by atoms with E-state index >= 15 is 0 Å². The van der Waals surface area contributed by atoms with Gasteiger partial charge >= 0.3 is 5.97 Å². The van der Waals surface area contributed by atoms with E-state index in [1.54, 1.807) is 28.7 Å². The smallest absolute Gasteiger partial charge is 0.344 e. The Morgan fingerprint density at radius 3 is 2.79 bits per heavy atom. The van der Waals surface area contributed by atoms with Crippen molar-refractivity contribution < 1.29 is 19.4 Å². The van der Waals surface area contributed by atoms with E-state index < -0.39 is 12.1 Å². The minimum Gasteiger partial charge on any atom is -0.493 e. The van der Waals surface area contributed by atoms with Crippen LogP contribution in [0.4, 0.5) is 0 Å². The molecule has 0 aliphatic rings. The van der Waals surface area contributed by atoms with Crippen LogP contribution in [0.1, 0.15) is 12.5 Å². The molecule has 0 radical (unpaired) electrons. The highest BCUT2D eigenvalue weighted by Gasteiger charge is 2.18. The molecule has 8 heteroatoms. The molecule has 0 spiro atoms. The highest BCUT2D eigenvalue weighted by molar-refractivity contribution is 7.15. The zero-order chi connectivity index (χ0) is 19.8. The fourth-order valence-corrected chi connectivity index (χ4v) is 3.89. The summed E-state index contributed by atoms with van der Waals surface area (Å²) in [5.74, 6) is -0.432. The molecular weight excluding hydrogens is 380 g/mol. The summed E-state index contributed by atoms with van der Waals surface area (Å²) in [6.07, 6.45) is 0.600. The van der Waals surface area contributed by atoms with Crippen LogP contribution in [-0.2, 0) is 4.79 Å². The van der Waals surface area contributed by atoms with Crippen molar-refractivity contribution in [2.45, 2.75) is 13.0 Å². The number of carbonyl (C=O) groups is 1. The van der Waals surface area contributed by atoms with Crippen LogP contribution in [0.5, 0.6) is 11.5 Å². The zero-order valence-electron chi connectivity index (χ0n) is 15.1. The second kappa shape index (κ2) is 6.97. The lowest BCUT2D eigenvalue weighted by molar-refractivity contribution is -0.144. The van der Waals surface area contributed by atoms with Crippen molar-refractivity contribution >= 4 is 39.4 Å². The number of benzene rings is 2.